The van der Waals surface area contributed by atoms with Gasteiger partial charge in [0.1, 0.15) is 47.8 Å². The van der Waals surface area contributed by atoms with E-state index in [0.717, 1.165) is 4.90 Å². The number of imide groups is 2. The number of rotatable bonds is 21. The molecule has 1 fully saturated rings. The molecule has 364 valence electrons. The number of halogens is 1. The van der Waals surface area contributed by atoms with Crippen molar-refractivity contribution in [3.8, 4) is 39.7 Å². The van der Waals surface area contributed by atoms with E-state index in [-0.39, 0.29) is 95.6 Å². The van der Waals surface area contributed by atoms with Crippen LogP contribution in [0.1, 0.15) is 40.5 Å². The molecule has 0 bridgehead atoms. The number of carbonyl (C=O) groups is 5. The molecule has 0 aliphatic carbocycles. The number of fused-ring (bicyclic) bond motifs is 2. The van der Waals surface area contributed by atoms with Crippen molar-refractivity contribution in [2.45, 2.75) is 25.8 Å². The summed E-state index contributed by atoms with van der Waals surface area (Å²) in [4.78, 5) is 81.1. The van der Waals surface area contributed by atoms with Crippen molar-refractivity contribution < 1.29 is 56.8 Å². The Morgan fingerprint density at radius 2 is 1.45 bits per heavy atom. The fraction of sp³-hybridized carbons (Fsp3) is 0.250. The van der Waals surface area contributed by atoms with E-state index >= 15 is 0 Å². The van der Waals surface area contributed by atoms with Crippen molar-refractivity contribution in [2.24, 2.45) is 0 Å². The SMILES string of the molecule is [C-]#[N+]c1cc(NC(=O)Nc2ccccc2)cc(-c2cc3c(=O)cc(-c4ccc(OCCOCCOCCOCCOc5cccc6c5C(=O)N(C5CCC(=O)NC5=O)C6=O)cc4Cl)oc3cc2OCC)c1. The van der Waals surface area contributed by atoms with Crippen LogP contribution < -0.4 is 35.6 Å². The topological polar surface area (TPSA) is 215 Å². The lowest BCUT2D eigenvalue weighted by molar-refractivity contribution is -0.136. The highest BCUT2D eigenvalue weighted by molar-refractivity contribution is 6.33. The number of ether oxygens (including phenoxy) is 6. The molecule has 2 aliphatic rings. The molecule has 6 aromatic rings. The Bertz CT molecular complexity index is 3100. The molecule has 1 unspecified atom stereocenters. The smallest absolute Gasteiger partial charge is 0.323 e. The van der Waals surface area contributed by atoms with Crippen LogP contribution in [0.3, 0.4) is 0 Å². The van der Waals surface area contributed by atoms with Crippen molar-refractivity contribution in [2.75, 3.05) is 70.1 Å². The van der Waals surface area contributed by atoms with Crippen LogP contribution in [-0.2, 0) is 23.8 Å². The fourth-order valence-corrected chi connectivity index (χ4v) is 8.16. The summed E-state index contributed by atoms with van der Waals surface area (Å²) in [5.41, 5.74) is 2.89. The summed E-state index contributed by atoms with van der Waals surface area (Å²) in [5.74, 6) is -1.09. The molecule has 1 aromatic heterocycles. The molecule has 2 aliphatic heterocycles. The molecule has 0 saturated carbocycles. The highest BCUT2D eigenvalue weighted by Crippen LogP contribution is 2.39. The first kappa shape index (κ1) is 49.3. The number of piperidine rings is 1. The van der Waals surface area contributed by atoms with Gasteiger partial charge in [0, 0.05) is 41.1 Å². The zero-order chi connectivity index (χ0) is 49.9. The molecule has 8 rings (SSSR count). The summed E-state index contributed by atoms with van der Waals surface area (Å²) in [6, 6.07) is 26.6. The maximum atomic E-state index is 13.7. The van der Waals surface area contributed by atoms with E-state index in [9.17, 15) is 28.8 Å². The molecular weight excluding hydrogens is 938 g/mol. The highest BCUT2D eigenvalue weighted by Gasteiger charge is 2.46. The lowest BCUT2D eigenvalue weighted by Gasteiger charge is -2.27. The molecule has 5 aromatic carbocycles. The third-order valence-electron chi connectivity index (χ3n) is 11.1. The molecule has 71 heavy (non-hydrogen) atoms. The van der Waals surface area contributed by atoms with Crippen LogP contribution >= 0.6 is 11.6 Å². The van der Waals surface area contributed by atoms with Gasteiger partial charge in [0.15, 0.2) is 11.1 Å². The number of hydrogen-bond acceptors (Lipinski definition) is 13. The number of nitrogens with zero attached hydrogens (tertiary/aromatic N) is 2. The molecule has 18 nitrogen and oxygen atoms in total. The normalized spacial score (nSPS) is 14.2. The van der Waals surface area contributed by atoms with Crippen molar-refractivity contribution in [1.82, 2.24) is 10.2 Å². The molecule has 3 N–H and O–H groups in total. The summed E-state index contributed by atoms with van der Waals surface area (Å²) in [5, 5.41) is 8.28. The first-order valence-electron chi connectivity index (χ1n) is 22.5. The summed E-state index contributed by atoms with van der Waals surface area (Å²) in [6.07, 6.45) is 0.0861. The van der Waals surface area contributed by atoms with Gasteiger partial charge in [-0.1, -0.05) is 35.9 Å². The third-order valence-corrected chi connectivity index (χ3v) is 11.5. The lowest BCUT2D eigenvalue weighted by atomic mass is 10.0. The predicted octanol–water partition coefficient (Wildman–Crippen LogP) is 8.28. The number of hydrogen-bond donors (Lipinski definition) is 3. The number of carbonyl (C=O) groups excluding carboxylic acids is 5. The molecular formula is C52H46ClN5O13. The van der Waals surface area contributed by atoms with Gasteiger partial charge in [-0.3, -0.25) is 34.2 Å². The van der Waals surface area contributed by atoms with Crippen LogP contribution in [0.5, 0.6) is 17.2 Å². The van der Waals surface area contributed by atoms with E-state index in [1.807, 2.05) is 13.0 Å². The zero-order valence-electron chi connectivity index (χ0n) is 38.3. The lowest BCUT2D eigenvalue weighted by Crippen LogP contribution is -2.54. The Hall–Kier alpha value is -8.08. The summed E-state index contributed by atoms with van der Waals surface area (Å²) in [6.45, 7) is 11.8. The van der Waals surface area contributed by atoms with Crippen LogP contribution in [0.4, 0.5) is 21.9 Å². The minimum absolute atomic E-state index is 0.0273. The largest absolute Gasteiger partial charge is 0.493 e. The average Bonchev–Trinajstić information content (AvgIpc) is 3.61. The van der Waals surface area contributed by atoms with E-state index < -0.39 is 35.7 Å². The van der Waals surface area contributed by atoms with E-state index in [2.05, 4.69) is 20.8 Å². The third kappa shape index (κ3) is 11.9. The second-order valence-corrected chi connectivity index (χ2v) is 16.3. The maximum absolute atomic E-state index is 13.7. The Morgan fingerprint density at radius 1 is 0.732 bits per heavy atom. The predicted molar refractivity (Wildman–Crippen MR) is 261 cm³/mol. The van der Waals surface area contributed by atoms with Crippen molar-refractivity contribution >= 4 is 69.3 Å². The molecule has 1 saturated heterocycles. The molecule has 0 spiro atoms. The number of anilines is 2. The molecule has 3 heterocycles. The summed E-state index contributed by atoms with van der Waals surface area (Å²) < 4.78 is 40.6. The van der Waals surface area contributed by atoms with Crippen LogP contribution in [-0.4, -0.2) is 100 Å². The highest BCUT2D eigenvalue weighted by atomic mass is 35.5. The Kier molecular flexibility index (Phi) is 16.0. The average molecular weight is 984 g/mol. The van der Waals surface area contributed by atoms with Gasteiger partial charge in [-0.25, -0.2) is 9.64 Å². The van der Waals surface area contributed by atoms with Crippen LogP contribution in [0, 0.1) is 6.57 Å². The van der Waals surface area contributed by atoms with Gasteiger partial charge < -0.3 is 43.5 Å². The molecule has 6 amide bonds. The van der Waals surface area contributed by atoms with E-state index in [1.165, 1.54) is 12.1 Å². The standard InChI is InChI=1S/C52H46ClN5O13/c1-3-68-44-30-46-39(28-38(44)31-24-33(54-2)26-34(25-31)56-52(64)55-32-8-5-4-6-9-32)42(59)29-45(71-46)36-13-12-35(27-40(36)53)69-22-20-66-18-16-65-17-19-67-21-23-70-43-11-7-10-37-48(43)51(63)58(50(37)62)41-14-15-47(60)57-49(41)61/h4-13,24-30,41H,3,14-23H2,1H3,(H2,55,56,64)(H,57,60,61). The van der Waals surface area contributed by atoms with Gasteiger partial charge in [0.25, 0.3) is 11.8 Å². The Labute approximate surface area is 411 Å². The van der Waals surface area contributed by atoms with E-state index in [0.29, 0.717) is 66.0 Å². The van der Waals surface area contributed by atoms with Crippen molar-refractivity contribution in [3.05, 3.63) is 141 Å². The van der Waals surface area contributed by atoms with Gasteiger partial charge >= 0.3 is 6.03 Å². The first-order chi connectivity index (χ1) is 34.5. The maximum Gasteiger partial charge on any atom is 0.323 e. The number of urea groups is 1. The number of para-hydroxylation sites is 1. The van der Waals surface area contributed by atoms with Crippen LogP contribution in [0.25, 0.3) is 38.3 Å². The van der Waals surface area contributed by atoms with Crippen molar-refractivity contribution in [1.29, 1.82) is 0 Å². The Morgan fingerprint density at radius 3 is 2.15 bits per heavy atom. The van der Waals surface area contributed by atoms with Gasteiger partial charge in [-0.15, -0.1) is 0 Å². The van der Waals surface area contributed by atoms with Gasteiger partial charge in [0.2, 0.25) is 11.8 Å². The van der Waals surface area contributed by atoms with Gasteiger partial charge in [-0.05, 0) is 85.6 Å². The minimum atomic E-state index is -1.07. The van der Waals surface area contributed by atoms with E-state index in [4.69, 9.17) is 51.0 Å². The first-order valence-corrected chi connectivity index (χ1v) is 22.9. The second kappa shape index (κ2) is 23.0. The zero-order valence-corrected chi connectivity index (χ0v) is 39.0. The number of benzene rings is 5. The van der Waals surface area contributed by atoms with Crippen molar-refractivity contribution in [3.63, 3.8) is 0 Å². The quantitative estimate of drug-likeness (QED) is 0.0352. The minimum Gasteiger partial charge on any atom is -0.493 e. The van der Waals surface area contributed by atoms with E-state index in [1.54, 1.807) is 84.9 Å². The molecule has 1 atom stereocenters. The summed E-state index contributed by atoms with van der Waals surface area (Å²) >= 11 is 6.69. The Balaban J connectivity index is 0.768. The fourth-order valence-electron chi connectivity index (χ4n) is 7.90. The van der Waals surface area contributed by atoms with Crippen LogP contribution in [0.15, 0.2) is 112 Å². The number of nitrogens with one attached hydrogen (secondary N) is 3. The van der Waals surface area contributed by atoms with Gasteiger partial charge in [0.05, 0.1) is 74.4 Å². The molecule has 0 radical (unpaired) electrons. The second-order valence-electron chi connectivity index (χ2n) is 15.9. The monoisotopic (exact) mass is 983 g/mol. The van der Waals surface area contributed by atoms with Crippen LogP contribution in [0.2, 0.25) is 5.02 Å². The van der Waals surface area contributed by atoms with Gasteiger partial charge in [-0.2, -0.15) is 0 Å². The number of amides is 6. The summed E-state index contributed by atoms with van der Waals surface area (Å²) in [7, 11) is 0. The molecule has 19 heteroatoms.